The summed E-state index contributed by atoms with van der Waals surface area (Å²) in [4.78, 5) is 14.8. The monoisotopic (exact) mass is 439 g/mol. The Labute approximate surface area is 177 Å². The second-order valence-corrected chi connectivity index (χ2v) is 9.33. The van der Waals surface area contributed by atoms with E-state index in [0.29, 0.717) is 17.1 Å². The van der Waals surface area contributed by atoms with Crippen LogP contribution in [-0.2, 0) is 4.79 Å². The number of carbonyl (C=O) groups excluding carboxylic acids is 1. The van der Waals surface area contributed by atoms with E-state index in [2.05, 4.69) is 31.9 Å². The quantitative estimate of drug-likeness (QED) is 0.534. The highest BCUT2D eigenvalue weighted by Gasteiger charge is 2.33. The Morgan fingerprint density at radius 3 is 2.50 bits per heavy atom. The van der Waals surface area contributed by atoms with Crippen LogP contribution in [0.25, 0.3) is 0 Å². The van der Waals surface area contributed by atoms with Crippen molar-refractivity contribution < 1.29 is 18.0 Å². The van der Waals surface area contributed by atoms with Crippen molar-refractivity contribution in [3.63, 3.8) is 0 Å². The molecule has 0 radical (unpaired) electrons. The molecule has 162 valence electrons. The highest BCUT2D eigenvalue weighted by Crippen LogP contribution is 2.42. The Morgan fingerprint density at radius 1 is 1.13 bits per heavy atom. The summed E-state index contributed by atoms with van der Waals surface area (Å²) in [5, 5.41) is 11.0. The Hall–Kier alpha value is -2.23. The smallest absolute Gasteiger partial charge is 0.237 e. The molecule has 10 heteroatoms. The number of hydrogen-bond donors (Lipinski definition) is 1. The number of piperidine rings is 1. The first-order valence-corrected chi connectivity index (χ1v) is 11.0. The standard InChI is InChI=1S/C20H24F3N5OS/c1-11-7-9-27(10-8-11)19-25-26-20(28(19)13-3-4-13)30-12(2)18(29)24-15-6-5-14(21)16(22)17(15)23/h5-6,11-13H,3-4,7-10H2,1-2H3,(H,24,29). The normalized spacial score (nSPS) is 18.5. The second kappa shape index (κ2) is 8.49. The second-order valence-electron chi connectivity index (χ2n) is 8.03. The lowest BCUT2D eigenvalue weighted by Gasteiger charge is -2.31. The van der Waals surface area contributed by atoms with Gasteiger partial charge < -0.3 is 10.2 Å². The van der Waals surface area contributed by atoms with E-state index in [1.54, 1.807) is 6.92 Å². The molecule has 1 amide bonds. The predicted molar refractivity (Wildman–Crippen MR) is 109 cm³/mol. The third-order valence-electron chi connectivity index (χ3n) is 5.57. The largest absolute Gasteiger partial charge is 0.341 e. The van der Waals surface area contributed by atoms with Crippen LogP contribution < -0.4 is 10.2 Å². The number of rotatable bonds is 6. The number of nitrogens with one attached hydrogen (secondary N) is 1. The number of halogens is 3. The number of carbonyl (C=O) groups is 1. The highest BCUT2D eigenvalue weighted by atomic mass is 32.2. The Kier molecular flexibility index (Phi) is 5.95. The predicted octanol–water partition coefficient (Wildman–Crippen LogP) is 4.39. The maximum absolute atomic E-state index is 13.9. The number of amides is 1. The molecule has 0 spiro atoms. The number of aromatic nitrogens is 3. The van der Waals surface area contributed by atoms with Gasteiger partial charge in [0.15, 0.2) is 22.6 Å². The average Bonchev–Trinajstić information content (AvgIpc) is 3.49. The Bertz CT molecular complexity index is 941. The minimum Gasteiger partial charge on any atom is -0.341 e. The van der Waals surface area contributed by atoms with Crippen LogP contribution in [0, 0.1) is 23.4 Å². The van der Waals surface area contributed by atoms with Gasteiger partial charge in [0, 0.05) is 19.1 Å². The van der Waals surface area contributed by atoms with Crippen LogP contribution in [-0.4, -0.2) is 39.0 Å². The molecule has 2 heterocycles. The van der Waals surface area contributed by atoms with Gasteiger partial charge in [0.25, 0.3) is 0 Å². The average molecular weight is 440 g/mol. The molecule has 1 unspecified atom stereocenters. The Balaban J connectivity index is 1.47. The van der Waals surface area contributed by atoms with Gasteiger partial charge in [0.1, 0.15) is 0 Å². The van der Waals surface area contributed by atoms with Gasteiger partial charge >= 0.3 is 0 Å². The van der Waals surface area contributed by atoms with Crippen molar-refractivity contribution in [3.8, 4) is 0 Å². The highest BCUT2D eigenvalue weighted by molar-refractivity contribution is 8.00. The van der Waals surface area contributed by atoms with Crippen molar-refractivity contribution in [3.05, 3.63) is 29.6 Å². The summed E-state index contributed by atoms with van der Waals surface area (Å²) in [7, 11) is 0. The maximum Gasteiger partial charge on any atom is 0.237 e. The van der Waals surface area contributed by atoms with Crippen LogP contribution in [0.15, 0.2) is 17.3 Å². The van der Waals surface area contributed by atoms with E-state index in [-0.39, 0.29) is 0 Å². The van der Waals surface area contributed by atoms with Gasteiger partial charge in [-0.05, 0) is 50.7 Å². The SMILES string of the molecule is CC1CCN(c2nnc(SC(C)C(=O)Nc3ccc(F)c(F)c3F)n2C2CC2)CC1. The van der Waals surface area contributed by atoms with Crippen molar-refractivity contribution in [1.29, 1.82) is 0 Å². The third-order valence-corrected chi connectivity index (χ3v) is 6.63. The van der Waals surface area contributed by atoms with Gasteiger partial charge in [0.05, 0.1) is 10.9 Å². The molecule has 4 rings (SSSR count). The van der Waals surface area contributed by atoms with Crippen LogP contribution in [0.3, 0.4) is 0 Å². The molecule has 30 heavy (non-hydrogen) atoms. The van der Waals surface area contributed by atoms with Crippen LogP contribution in [0.5, 0.6) is 0 Å². The first kappa shape index (κ1) is 21.0. The van der Waals surface area contributed by atoms with Crippen molar-refractivity contribution >= 4 is 29.3 Å². The Morgan fingerprint density at radius 2 is 1.83 bits per heavy atom. The van der Waals surface area contributed by atoms with Crippen molar-refractivity contribution in [2.75, 3.05) is 23.3 Å². The van der Waals surface area contributed by atoms with Crippen molar-refractivity contribution in [2.45, 2.75) is 56.0 Å². The van der Waals surface area contributed by atoms with Gasteiger partial charge in [-0.15, -0.1) is 10.2 Å². The van der Waals surface area contributed by atoms with E-state index >= 15 is 0 Å². The molecule has 1 saturated heterocycles. The first-order valence-electron chi connectivity index (χ1n) is 10.2. The lowest BCUT2D eigenvalue weighted by atomic mass is 10.00. The molecular formula is C20H24F3N5OS. The van der Waals surface area contributed by atoms with E-state index in [1.807, 2.05) is 0 Å². The molecule has 1 aromatic heterocycles. The lowest BCUT2D eigenvalue weighted by molar-refractivity contribution is -0.115. The molecule has 1 atom stereocenters. The zero-order valence-electron chi connectivity index (χ0n) is 16.9. The van der Waals surface area contributed by atoms with E-state index in [9.17, 15) is 18.0 Å². The minimum absolute atomic E-state index is 0.329. The van der Waals surface area contributed by atoms with E-state index in [1.165, 1.54) is 11.8 Å². The van der Waals surface area contributed by atoms with Crippen LogP contribution >= 0.6 is 11.8 Å². The molecular weight excluding hydrogens is 415 g/mol. The van der Waals surface area contributed by atoms with Crippen LogP contribution in [0.1, 0.15) is 45.6 Å². The lowest BCUT2D eigenvalue weighted by Crippen LogP contribution is -2.34. The van der Waals surface area contributed by atoms with E-state index in [0.717, 1.165) is 56.9 Å². The summed E-state index contributed by atoms with van der Waals surface area (Å²) >= 11 is 1.22. The molecule has 1 aliphatic heterocycles. The number of anilines is 2. The minimum atomic E-state index is -1.61. The number of nitrogens with zero attached hydrogens (tertiary/aromatic N) is 4. The summed E-state index contributed by atoms with van der Waals surface area (Å²) in [5.41, 5.74) is -0.391. The summed E-state index contributed by atoms with van der Waals surface area (Å²) in [6.07, 6.45) is 4.31. The zero-order chi connectivity index (χ0) is 21.4. The third kappa shape index (κ3) is 4.28. The fourth-order valence-corrected chi connectivity index (χ4v) is 4.41. The van der Waals surface area contributed by atoms with Crippen molar-refractivity contribution in [2.24, 2.45) is 5.92 Å². The van der Waals surface area contributed by atoms with E-state index in [4.69, 9.17) is 0 Å². The van der Waals surface area contributed by atoms with E-state index < -0.39 is 34.3 Å². The molecule has 0 bridgehead atoms. The summed E-state index contributed by atoms with van der Waals surface area (Å²) in [5.74, 6) is -3.31. The number of thioether (sulfide) groups is 1. The summed E-state index contributed by atoms with van der Waals surface area (Å²) in [6.45, 7) is 5.77. The van der Waals surface area contributed by atoms with Crippen molar-refractivity contribution in [1.82, 2.24) is 14.8 Å². The molecule has 6 nitrogen and oxygen atoms in total. The molecule has 2 aromatic rings. The molecule has 1 aliphatic carbocycles. The first-order chi connectivity index (χ1) is 14.3. The van der Waals surface area contributed by atoms with Gasteiger partial charge in [0.2, 0.25) is 11.9 Å². The van der Waals surface area contributed by atoms with Gasteiger partial charge in [-0.1, -0.05) is 18.7 Å². The number of hydrogen-bond acceptors (Lipinski definition) is 5. The summed E-state index contributed by atoms with van der Waals surface area (Å²) < 4.78 is 42.5. The number of benzene rings is 1. The molecule has 2 aliphatic rings. The fourth-order valence-electron chi connectivity index (χ4n) is 3.49. The zero-order valence-corrected chi connectivity index (χ0v) is 17.7. The van der Waals surface area contributed by atoms with Gasteiger partial charge in [-0.25, -0.2) is 13.2 Å². The topological polar surface area (TPSA) is 63.1 Å². The molecule has 1 N–H and O–H groups in total. The molecule has 2 fully saturated rings. The fraction of sp³-hybridized carbons (Fsp3) is 0.550. The van der Waals surface area contributed by atoms with Crippen LogP contribution in [0.4, 0.5) is 24.8 Å². The van der Waals surface area contributed by atoms with Gasteiger partial charge in [-0.2, -0.15) is 0 Å². The van der Waals surface area contributed by atoms with Crippen LogP contribution in [0.2, 0.25) is 0 Å². The molecule has 1 aromatic carbocycles. The maximum atomic E-state index is 13.9. The molecule has 1 saturated carbocycles. The van der Waals surface area contributed by atoms with Gasteiger partial charge in [-0.3, -0.25) is 9.36 Å². The summed E-state index contributed by atoms with van der Waals surface area (Å²) in [6, 6.07) is 2.11.